The number of phenols is 1. The lowest BCUT2D eigenvalue weighted by molar-refractivity contribution is 0.101. The van der Waals surface area contributed by atoms with E-state index in [1.54, 1.807) is 6.20 Å². The second-order valence-corrected chi connectivity index (χ2v) is 11.2. The number of ketones is 1. The minimum Gasteiger partial charge on any atom is -0.504 e. The molecule has 8 heteroatoms. The first-order valence-corrected chi connectivity index (χ1v) is 14.1. The lowest BCUT2D eigenvalue weighted by Crippen LogP contribution is -2.43. The highest BCUT2D eigenvalue weighted by Crippen LogP contribution is 2.37. The van der Waals surface area contributed by atoms with E-state index in [-0.39, 0.29) is 10.8 Å². The molecule has 0 spiro atoms. The summed E-state index contributed by atoms with van der Waals surface area (Å²) < 4.78 is 14.3. The SMILES string of the molecule is CNC1CCCN(C2=CCC(C)CC(=Nc3c(C(C)=O)cnc4ccc(-c5cc(F)c(O)c(Cl)c5)cc34)C=C2)C1. The van der Waals surface area contributed by atoms with Gasteiger partial charge in [-0.3, -0.25) is 14.8 Å². The number of carbonyl (C=O) groups is 1. The number of pyridine rings is 1. The third-order valence-corrected chi connectivity index (χ3v) is 8.04. The Balaban J connectivity index is 1.59. The van der Waals surface area contributed by atoms with E-state index in [9.17, 15) is 14.3 Å². The van der Waals surface area contributed by atoms with Crippen molar-refractivity contribution in [2.75, 3.05) is 20.1 Å². The molecule has 2 aromatic carbocycles. The summed E-state index contributed by atoms with van der Waals surface area (Å²) in [7, 11) is 2.02. The molecule has 2 unspecified atom stereocenters. The highest BCUT2D eigenvalue weighted by molar-refractivity contribution is 6.32. The molecule has 0 amide bonds. The number of piperidine rings is 1. The molecule has 2 atom stereocenters. The van der Waals surface area contributed by atoms with Gasteiger partial charge in [-0.2, -0.15) is 0 Å². The molecule has 40 heavy (non-hydrogen) atoms. The van der Waals surface area contributed by atoms with Gasteiger partial charge < -0.3 is 15.3 Å². The molecular weight excluding hydrogens is 527 g/mol. The van der Waals surface area contributed by atoms with Gasteiger partial charge in [-0.15, -0.1) is 0 Å². The second-order valence-electron chi connectivity index (χ2n) is 10.8. The number of phenolic OH excluding ortho intramolecular Hbond substituents is 1. The van der Waals surface area contributed by atoms with Gasteiger partial charge in [0.1, 0.15) is 0 Å². The van der Waals surface area contributed by atoms with E-state index >= 15 is 0 Å². The van der Waals surface area contributed by atoms with Crippen LogP contribution in [0.4, 0.5) is 10.1 Å². The van der Waals surface area contributed by atoms with Crippen molar-refractivity contribution in [2.45, 2.75) is 45.6 Å². The Morgan fingerprint density at radius 1 is 1.23 bits per heavy atom. The molecule has 2 aliphatic rings. The number of hydrogen-bond acceptors (Lipinski definition) is 6. The molecule has 208 valence electrons. The minimum absolute atomic E-state index is 0.0709. The summed E-state index contributed by atoms with van der Waals surface area (Å²) >= 11 is 6.05. The largest absolute Gasteiger partial charge is 0.504 e. The maximum Gasteiger partial charge on any atom is 0.170 e. The molecule has 0 saturated carbocycles. The number of hydrogen-bond donors (Lipinski definition) is 2. The van der Waals surface area contributed by atoms with Crippen LogP contribution in [0.15, 0.2) is 65.4 Å². The summed E-state index contributed by atoms with van der Waals surface area (Å²) in [5, 5.41) is 13.8. The molecule has 1 saturated heterocycles. The normalized spacial score (nSPS) is 20.9. The molecule has 5 rings (SSSR count). The zero-order valence-electron chi connectivity index (χ0n) is 23.0. The quantitative estimate of drug-likeness (QED) is 0.322. The summed E-state index contributed by atoms with van der Waals surface area (Å²) in [5.41, 5.74) is 4.93. The fraction of sp³-hybridized carbons (Fsp3) is 0.344. The summed E-state index contributed by atoms with van der Waals surface area (Å²) in [6, 6.07) is 8.72. The van der Waals surface area contributed by atoms with Crippen LogP contribution in [0.25, 0.3) is 22.0 Å². The Hall–Kier alpha value is -3.55. The molecule has 1 fully saturated rings. The predicted octanol–water partition coefficient (Wildman–Crippen LogP) is 7.23. The van der Waals surface area contributed by atoms with Gasteiger partial charge in [-0.05, 0) is 93.1 Å². The molecule has 2 heterocycles. The van der Waals surface area contributed by atoms with Crippen molar-refractivity contribution in [3.8, 4) is 16.9 Å². The number of aromatic hydroxyl groups is 1. The number of fused-ring (bicyclic) bond motifs is 1. The van der Waals surface area contributed by atoms with Crippen LogP contribution in [0, 0.1) is 11.7 Å². The van der Waals surface area contributed by atoms with Crippen molar-refractivity contribution >= 4 is 39.7 Å². The van der Waals surface area contributed by atoms with Crippen LogP contribution in [0.3, 0.4) is 0 Å². The molecule has 2 N–H and O–H groups in total. The van der Waals surface area contributed by atoms with Gasteiger partial charge >= 0.3 is 0 Å². The monoisotopic (exact) mass is 560 g/mol. The van der Waals surface area contributed by atoms with E-state index in [1.165, 1.54) is 31.2 Å². The standard InChI is InChI=1S/C32H34ClFN4O2/c1-19-6-9-25(38-12-4-5-24(18-38)35-3)10-8-23(13-19)37-31-26-14-21(22-15-28(33)32(40)29(34)16-22)7-11-30(26)36-17-27(31)20(2)39/h7-11,14-17,19,24,35,40H,4-6,12-13,18H2,1-3H3. The topological polar surface area (TPSA) is 77.8 Å². The molecule has 1 aliphatic heterocycles. The Morgan fingerprint density at radius 2 is 2.05 bits per heavy atom. The van der Waals surface area contributed by atoms with E-state index in [1.807, 2.05) is 25.2 Å². The first-order chi connectivity index (χ1) is 19.2. The average Bonchev–Trinajstić information content (AvgIpc) is 2.94. The number of carbonyl (C=O) groups excluding carboxylic acids is 1. The number of aliphatic imine (C=N–C) groups is 1. The molecule has 0 radical (unpaired) electrons. The van der Waals surface area contributed by atoms with Crippen molar-refractivity contribution in [3.05, 3.63) is 76.9 Å². The van der Waals surface area contributed by atoms with Gasteiger partial charge in [0.15, 0.2) is 17.3 Å². The van der Waals surface area contributed by atoms with Gasteiger partial charge in [0.2, 0.25) is 0 Å². The van der Waals surface area contributed by atoms with E-state index < -0.39 is 11.6 Å². The lowest BCUT2D eigenvalue weighted by atomic mass is 9.95. The number of nitrogens with zero attached hydrogens (tertiary/aromatic N) is 3. The van der Waals surface area contributed by atoms with Crippen LogP contribution in [0.2, 0.25) is 5.02 Å². The zero-order valence-corrected chi connectivity index (χ0v) is 23.8. The number of likely N-dealkylation sites (N-methyl/N-ethyl adjacent to an activating group) is 1. The second kappa shape index (κ2) is 11.9. The van der Waals surface area contributed by atoms with Gasteiger partial charge in [0.25, 0.3) is 0 Å². The highest BCUT2D eigenvalue weighted by Gasteiger charge is 2.21. The number of halogens is 2. The Labute approximate surface area is 239 Å². The van der Waals surface area contributed by atoms with E-state index in [4.69, 9.17) is 16.6 Å². The van der Waals surface area contributed by atoms with Crippen molar-refractivity contribution in [3.63, 3.8) is 0 Å². The maximum absolute atomic E-state index is 14.3. The molecular formula is C32H34ClFN4O2. The van der Waals surface area contributed by atoms with Crippen molar-refractivity contribution < 1.29 is 14.3 Å². The number of nitrogens with one attached hydrogen (secondary N) is 1. The third-order valence-electron chi connectivity index (χ3n) is 7.75. The van der Waals surface area contributed by atoms with Crippen molar-refractivity contribution in [1.82, 2.24) is 15.2 Å². The molecule has 1 aliphatic carbocycles. The van der Waals surface area contributed by atoms with Gasteiger partial charge in [-0.1, -0.05) is 30.7 Å². The van der Waals surface area contributed by atoms with E-state index in [2.05, 4.69) is 40.4 Å². The zero-order chi connectivity index (χ0) is 28.4. The first kappa shape index (κ1) is 28.0. The first-order valence-electron chi connectivity index (χ1n) is 13.7. The van der Waals surface area contributed by atoms with Crippen LogP contribution >= 0.6 is 11.6 Å². The fourth-order valence-electron chi connectivity index (χ4n) is 5.46. The Morgan fingerprint density at radius 3 is 2.80 bits per heavy atom. The molecule has 1 aromatic heterocycles. The van der Waals surface area contributed by atoms with Crippen molar-refractivity contribution in [2.24, 2.45) is 10.9 Å². The summed E-state index contributed by atoms with van der Waals surface area (Å²) in [4.78, 5) is 24.7. The number of likely N-dealkylation sites (tertiary alicyclic amines) is 1. The van der Waals surface area contributed by atoms with Crippen LogP contribution in [-0.4, -0.2) is 52.7 Å². The Kier molecular flexibility index (Phi) is 8.33. The van der Waals surface area contributed by atoms with Gasteiger partial charge in [-0.25, -0.2) is 4.39 Å². The maximum atomic E-state index is 14.3. The smallest absolute Gasteiger partial charge is 0.170 e. The van der Waals surface area contributed by atoms with E-state index in [0.717, 1.165) is 38.1 Å². The van der Waals surface area contributed by atoms with E-state index in [0.29, 0.717) is 45.2 Å². The lowest BCUT2D eigenvalue weighted by Gasteiger charge is -2.35. The Bertz CT molecular complexity index is 1520. The molecule has 3 aromatic rings. The number of aromatic nitrogens is 1. The predicted molar refractivity (Wildman–Crippen MR) is 160 cm³/mol. The number of Topliss-reactive ketones (excluding diaryl/α,β-unsaturated/α-hetero) is 1. The molecule has 0 bridgehead atoms. The summed E-state index contributed by atoms with van der Waals surface area (Å²) in [6.07, 6.45) is 12.1. The van der Waals surface area contributed by atoms with Crippen LogP contribution in [0.5, 0.6) is 5.75 Å². The van der Waals surface area contributed by atoms with Gasteiger partial charge in [0.05, 0.1) is 21.8 Å². The number of benzene rings is 2. The summed E-state index contributed by atoms with van der Waals surface area (Å²) in [5.74, 6) is -1.14. The van der Waals surface area contributed by atoms with Crippen molar-refractivity contribution in [1.29, 1.82) is 0 Å². The fourth-order valence-corrected chi connectivity index (χ4v) is 5.66. The summed E-state index contributed by atoms with van der Waals surface area (Å²) in [6.45, 7) is 5.73. The number of allylic oxidation sites excluding steroid dienone is 3. The van der Waals surface area contributed by atoms with Gasteiger partial charge in [0, 0.05) is 42.1 Å². The molecule has 6 nitrogen and oxygen atoms in total. The number of rotatable bonds is 5. The minimum atomic E-state index is -0.800. The van der Waals surface area contributed by atoms with Crippen LogP contribution in [0.1, 0.15) is 49.9 Å². The third kappa shape index (κ3) is 5.96. The van der Waals surface area contributed by atoms with Crippen LogP contribution in [-0.2, 0) is 0 Å². The highest BCUT2D eigenvalue weighted by atomic mass is 35.5. The average molecular weight is 561 g/mol. The van der Waals surface area contributed by atoms with Crippen LogP contribution < -0.4 is 5.32 Å².